The zero-order valence-electron chi connectivity index (χ0n) is 20.3. The zero-order valence-corrected chi connectivity index (χ0v) is 21.1. The Morgan fingerprint density at radius 2 is 1.82 bits per heavy atom. The fourth-order valence-electron chi connectivity index (χ4n) is 4.31. The molecule has 0 aliphatic heterocycles. The zero-order chi connectivity index (χ0) is 26.4. The normalized spacial score (nSPS) is 12.0. The second-order valence-electron chi connectivity index (χ2n) is 8.94. The summed E-state index contributed by atoms with van der Waals surface area (Å²) in [6.07, 6.45) is 6.17. The Bertz CT molecular complexity index is 1950. The lowest BCUT2D eigenvalue weighted by Gasteiger charge is -2.07. The highest BCUT2D eigenvalue weighted by atomic mass is 32.2. The highest BCUT2D eigenvalue weighted by Crippen LogP contribution is 2.31. The molecule has 6 rings (SSSR count). The van der Waals surface area contributed by atoms with Gasteiger partial charge in [-0.1, -0.05) is 0 Å². The van der Waals surface area contributed by atoms with Crippen molar-refractivity contribution in [2.45, 2.75) is 13.5 Å². The van der Waals surface area contributed by atoms with Gasteiger partial charge in [-0.15, -0.1) is 0 Å². The van der Waals surface area contributed by atoms with Gasteiger partial charge in [-0.3, -0.25) is 15.1 Å². The van der Waals surface area contributed by atoms with Crippen molar-refractivity contribution in [3.63, 3.8) is 0 Å². The van der Waals surface area contributed by atoms with Gasteiger partial charge in [0.2, 0.25) is 10.0 Å². The molecule has 3 N–H and O–H groups in total. The summed E-state index contributed by atoms with van der Waals surface area (Å²) in [4.78, 5) is 21.5. The van der Waals surface area contributed by atoms with Crippen LogP contribution in [0.2, 0.25) is 0 Å². The summed E-state index contributed by atoms with van der Waals surface area (Å²) in [6, 6.07) is 11.8. The summed E-state index contributed by atoms with van der Waals surface area (Å²) in [6.45, 7) is 1.96. The highest BCUT2D eigenvalue weighted by molar-refractivity contribution is 7.88. The standard InChI is InChI=1S/C26H21FN8O2S/c1-14-5-7-28-13-18(14)19-3-4-21-24(31-19)25(35-34-21)26-32-20-6-8-29-22(23(20)33-26)16-9-15(10-17(27)11-16)12-30-38(2,36)37/h3-11,13,30H,12H2,1-2H3,(H,32,33)(H,34,35). The van der Waals surface area contributed by atoms with Gasteiger partial charge in [-0.25, -0.2) is 27.5 Å². The van der Waals surface area contributed by atoms with E-state index in [0.29, 0.717) is 44.9 Å². The van der Waals surface area contributed by atoms with Crippen LogP contribution in [0.5, 0.6) is 0 Å². The summed E-state index contributed by atoms with van der Waals surface area (Å²) >= 11 is 0. The van der Waals surface area contributed by atoms with E-state index < -0.39 is 15.8 Å². The molecular formula is C26H21FN8O2S. The van der Waals surface area contributed by atoms with Gasteiger partial charge in [-0.2, -0.15) is 5.10 Å². The molecule has 0 saturated heterocycles. The van der Waals surface area contributed by atoms with Gasteiger partial charge < -0.3 is 4.98 Å². The van der Waals surface area contributed by atoms with Crippen LogP contribution in [0.15, 0.2) is 61.1 Å². The number of nitrogens with one attached hydrogen (secondary N) is 3. The molecular weight excluding hydrogens is 507 g/mol. The van der Waals surface area contributed by atoms with Crippen LogP contribution in [0.3, 0.4) is 0 Å². The lowest BCUT2D eigenvalue weighted by atomic mass is 10.1. The first-order chi connectivity index (χ1) is 18.2. The second kappa shape index (κ2) is 9.08. The van der Waals surface area contributed by atoms with Crippen molar-refractivity contribution in [1.82, 2.24) is 39.8 Å². The molecule has 0 saturated carbocycles. The minimum Gasteiger partial charge on any atom is -0.336 e. The molecule has 0 unspecified atom stereocenters. The number of rotatable bonds is 6. The lowest BCUT2D eigenvalue weighted by Crippen LogP contribution is -2.21. The third-order valence-corrected chi connectivity index (χ3v) is 6.79. The number of imidazole rings is 1. The van der Waals surface area contributed by atoms with Crippen LogP contribution >= 0.6 is 0 Å². The molecule has 1 aromatic carbocycles. The number of benzene rings is 1. The molecule has 0 amide bonds. The quantitative estimate of drug-likeness (QED) is 0.295. The van der Waals surface area contributed by atoms with E-state index >= 15 is 0 Å². The molecule has 0 bridgehead atoms. The minimum absolute atomic E-state index is 0.0466. The van der Waals surface area contributed by atoms with E-state index in [1.54, 1.807) is 30.7 Å². The van der Waals surface area contributed by atoms with Crippen molar-refractivity contribution >= 4 is 32.1 Å². The van der Waals surface area contributed by atoms with Crippen LogP contribution in [0, 0.1) is 12.7 Å². The Morgan fingerprint density at radius 3 is 2.63 bits per heavy atom. The molecule has 12 heteroatoms. The SMILES string of the molecule is Cc1ccncc1-c1ccc2[nH]nc(-c3nc4c(-c5cc(F)cc(CNS(C)(=O)=O)c5)nccc4[nH]3)c2n1. The summed E-state index contributed by atoms with van der Waals surface area (Å²) in [5.74, 6) is -0.0356. The van der Waals surface area contributed by atoms with Crippen LogP contribution < -0.4 is 4.72 Å². The smallest absolute Gasteiger partial charge is 0.209 e. The Hall–Kier alpha value is -4.55. The summed E-state index contributed by atoms with van der Waals surface area (Å²) < 4.78 is 39.9. The Morgan fingerprint density at radius 1 is 0.974 bits per heavy atom. The van der Waals surface area contributed by atoms with Crippen molar-refractivity contribution in [3.8, 4) is 34.0 Å². The molecule has 6 aromatic rings. The highest BCUT2D eigenvalue weighted by Gasteiger charge is 2.18. The van der Waals surface area contributed by atoms with E-state index in [4.69, 9.17) is 9.97 Å². The Balaban J connectivity index is 1.44. The van der Waals surface area contributed by atoms with E-state index in [1.807, 2.05) is 25.1 Å². The number of hydrogen-bond acceptors (Lipinski definition) is 7. The lowest BCUT2D eigenvalue weighted by molar-refractivity contribution is 0.586. The van der Waals surface area contributed by atoms with Crippen LogP contribution in [0.4, 0.5) is 4.39 Å². The van der Waals surface area contributed by atoms with Gasteiger partial charge in [0.1, 0.15) is 16.9 Å². The van der Waals surface area contributed by atoms with Crippen molar-refractivity contribution in [1.29, 1.82) is 0 Å². The summed E-state index contributed by atoms with van der Waals surface area (Å²) in [7, 11) is -3.44. The largest absolute Gasteiger partial charge is 0.336 e. The van der Waals surface area contributed by atoms with E-state index in [1.165, 1.54) is 12.1 Å². The van der Waals surface area contributed by atoms with Crippen molar-refractivity contribution in [3.05, 3.63) is 78.0 Å². The average molecular weight is 529 g/mol. The number of hydrogen-bond donors (Lipinski definition) is 3. The van der Waals surface area contributed by atoms with Crippen LogP contribution in [0.1, 0.15) is 11.1 Å². The predicted molar refractivity (Wildman–Crippen MR) is 142 cm³/mol. The van der Waals surface area contributed by atoms with Gasteiger partial charge in [0.15, 0.2) is 11.5 Å². The Labute approximate surface area is 216 Å². The number of aromatic amines is 2. The molecule has 0 radical (unpaired) electrons. The number of sulfonamides is 1. The molecule has 5 heterocycles. The number of H-pyrrole nitrogens is 2. The van der Waals surface area contributed by atoms with Crippen molar-refractivity contribution in [2.75, 3.05) is 6.26 Å². The molecule has 0 fully saturated rings. The van der Waals surface area contributed by atoms with Gasteiger partial charge in [0.25, 0.3) is 0 Å². The topological polar surface area (TPSA) is 142 Å². The van der Waals surface area contributed by atoms with Crippen LogP contribution in [-0.4, -0.2) is 49.8 Å². The maximum Gasteiger partial charge on any atom is 0.209 e. The van der Waals surface area contributed by atoms with Crippen molar-refractivity contribution in [2.24, 2.45) is 0 Å². The maximum atomic E-state index is 14.5. The van der Waals surface area contributed by atoms with Crippen LogP contribution in [0.25, 0.3) is 56.1 Å². The molecule has 10 nitrogen and oxygen atoms in total. The minimum atomic E-state index is -3.44. The van der Waals surface area contributed by atoms with Crippen LogP contribution in [-0.2, 0) is 16.6 Å². The number of aromatic nitrogens is 7. The second-order valence-corrected chi connectivity index (χ2v) is 10.8. The first-order valence-corrected chi connectivity index (χ1v) is 13.5. The van der Waals surface area contributed by atoms with E-state index in [0.717, 1.165) is 28.6 Å². The monoisotopic (exact) mass is 528 g/mol. The fourth-order valence-corrected chi connectivity index (χ4v) is 4.74. The summed E-state index contributed by atoms with van der Waals surface area (Å²) in [5.41, 5.74) is 7.23. The maximum absolute atomic E-state index is 14.5. The number of halogens is 1. The molecule has 0 atom stereocenters. The van der Waals surface area contributed by atoms with Gasteiger partial charge in [0.05, 0.1) is 28.7 Å². The third kappa shape index (κ3) is 4.51. The average Bonchev–Trinajstić information content (AvgIpc) is 3.50. The molecule has 190 valence electrons. The first-order valence-electron chi connectivity index (χ1n) is 11.6. The number of pyridine rings is 3. The third-order valence-electron chi connectivity index (χ3n) is 6.12. The van der Waals surface area contributed by atoms with Gasteiger partial charge >= 0.3 is 0 Å². The molecule has 0 aliphatic rings. The first kappa shape index (κ1) is 23.8. The molecule has 5 aromatic heterocycles. The number of nitrogens with zero attached hydrogens (tertiary/aromatic N) is 5. The Kier molecular flexibility index (Phi) is 5.69. The van der Waals surface area contributed by atoms with E-state index in [-0.39, 0.29) is 6.54 Å². The fraction of sp³-hybridized carbons (Fsp3) is 0.115. The van der Waals surface area contributed by atoms with Crippen molar-refractivity contribution < 1.29 is 12.8 Å². The number of aryl methyl sites for hydroxylation is 1. The molecule has 0 aliphatic carbocycles. The predicted octanol–water partition coefficient (Wildman–Crippen LogP) is 4.12. The van der Waals surface area contributed by atoms with E-state index in [9.17, 15) is 12.8 Å². The summed E-state index contributed by atoms with van der Waals surface area (Å²) in [5, 5.41) is 7.46. The van der Waals surface area contributed by atoms with Gasteiger partial charge in [0, 0.05) is 36.3 Å². The van der Waals surface area contributed by atoms with Gasteiger partial charge in [-0.05, 0) is 60.5 Å². The number of fused-ring (bicyclic) bond motifs is 2. The van der Waals surface area contributed by atoms with E-state index in [2.05, 4.69) is 29.9 Å². The molecule has 38 heavy (non-hydrogen) atoms. The molecule has 0 spiro atoms.